The Bertz CT molecular complexity index is 293. The molecule has 0 bridgehead atoms. The molecule has 0 spiro atoms. The van der Waals surface area contributed by atoms with E-state index in [1.807, 2.05) is 0 Å². The Morgan fingerprint density at radius 1 is 1.35 bits per heavy atom. The van der Waals surface area contributed by atoms with Crippen LogP contribution in [0.2, 0.25) is 0 Å². The fraction of sp³-hybridized carbons (Fsp3) is 1.00. The quantitative estimate of drug-likeness (QED) is 0.841. The molecular formula is C17H34N2O. The summed E-state index contributed by atoms with van der Waals surface area (Å²) in [7, 11) is 0. The first-order chi connectivity index (χ1) is 9.63. The highest BCUT2D eigenvalue weighted by Gasteiger charge is 2.44. The highest BCUT2D eigenvalue weighted by atomic mass is 16.5. The zero-order chi connectivity index (χ0) is 14.6. The van der Waals surface area contributed by atoms with Crippen molar-refractivity contribution in [2.75, 3.05) is 19.7 Å². The smallest absolute Gasteiger partial charge is 0.0616 e. The maximum atomic E-state index is 6.29. The zero-order valence-corrected chi connectivity index (χ0v) is 13.7. The van der Waals surface area contributed by atoms with Crippen LogP contribution in [0.1, 0.15) is 65.7 Å². The minimum absolute atomic E-state index is 0.202. The summed E-state index contributed by atoms with van der Waals surface area (Å²) in [4.78, 5) is 2.79. The summed E-state index contributed by atoms with van der Waals surface area (Å²) in [6, 6.07) is 0.753. The molecule has 3 atom stereocenters. The number of piperidine rings is 1. The highest BCUT2D eigenvalue weighted by molar-refractivity contribution is 5.00. The first kappa shape index (κ1) is 16.3. The van der Waals surface area contributed by atoms with Crippen LogP contribution in [-0.2, 0) is 4.74 Å². The molecule has 118 valence electrons. The molecule has 0 radical (unpaired) electrons. The van der Waals surface area contributed by atoms with Crippen molar-refractivity contribution in [3.8, 4) is 0 Å². The number of hydrogen-bond acceptors (Lipinski definition) is 3. The van der Waals surface area contributed by atoms with Gasteiger partial charge in [0.15, 0.2) is 0 Å². The van der Waals surface area contributed by atoms with Crippen molar-refractivity contribution in [2.45, 2.75) is 83.4 Å². The largest absolute Gasteiger partial charge is 0.378 e. The Hall–Kier alpha value is -0.120. The molecule has 3 heteroatoms. The van der Waals surface area contributed by atoms with E-state index in [2.05, 4.69) is 25.7 Å². The minimum atomic E-state index is 0.202. The average molecular weight is 282 g/mol. The lowest BCUT2D eigenvalue weighted by atomic mass is 9.79. The van der Waals surface area contributed by atoms with Gasteiger partial charge in [0, 0.05) is 24.7 Å². The second-order valence-corrected chi connectivity index (χ2v) is 7.17. The van der Waals surface area contributed by atoms with Gasteiger partial charge in [-0.2, -0.15) is 0 Å². The second-order valence-electron chi connectivity index (χ2n) is 7.17. The lowest BCUT2D eigenvalue weighted by Crippen LogP contribution is -2.63. The lowest BCUT2D eigenvalue weighted by molar-refractivity contribution is -0.105. The summed E-state index contributed by atoms with van der Waals surface area (Å²) in [6.45, 7) is 9.78. The van der Waals surface area contributed by atoms with Crippen LogP contribution in [0.5, 0.6) is 0 Å². The van der Waals surface area contributed by atoms with E-state index in [0.29, 0.717) is 12.0 Å². The number of nitrogens with zero attached hydrogens (tertiary/aromatic N) is 1. The number of ether oxygens (including phenoxy) is 1. The lowest BCUT2D eigenvalue weighted by Gasteiger charge is -2.53. The van der Waals surface area contributed by atoms with E-state index in [4.69, 9.17) is 10.5 Å². The SMILES string of the molecule is CCCC1CCCCN1C1(CN)CCOC(C(C)C)C1. The van der Waals surface area contributed by atoms with E-state index < -0.39 is 0 Å². The van der Waals surface area contributed by atoms with Crippen LogP contribution in [0, 0.1) is 5.92 Å². The third-order valence-corrected chi connectivity index (χ3v) is 5.46. The number of hydrogen-bond donors (Lipinski definition) is 1. The van der Waals surface area contributed by atoms with Crippen LogP contribution >= 0.6 is 0 Å². The van der Waals surface area contributed by atoms with Gasteiger partial charge in [-0.25, -0.2) is 0 Å². The van der Waals surface area contributed by atoms with Crippen LogP contribution in [0.4, 0.5) is 0 Å². The summed E-state index contributed by atoms with van der Waals surface area (Å²) >= 11 is 0. The van der Waals surface area contributed by atoms with Gasteiger partial charge in [-0.1, -0.05) is 33.6 Å². The third-order valence-electron chi connectivity index (χ3n) is 5.46. The van der Waals surface area contributed by atoms with Crippen molar-refractivity contribution in [1.29, 1.82) is 0 Å². The fourth-order valence-corrected chi connectivity index (χ4v) is 4.19. The molecule has 2 aliphatic rings. The van der Waals surface area contributed by atoms with Gasteiger partial charge in [-0.15, -0.1) is 0 Å². The average Bonchev–Trinajstić information content (AvgIpc) is 2.48. The normalized spacial score (nSPS) is 36.5. The Labute approximate surface area is 125 Å². The van der Waals surface area contributed by atoms with Crippen LogP contribution in [0.25, 0.3) is 0 Å². The van der Waals surface area contributed by atoms with E-state index in [0.717, 1.165) is 32.0 Å². The van der Waals surface area contributed by atoms with Crippen LogP contribution in [0.15, 0.2) is 0 Å². The van der Waals surface area contributed by atoms with Crippen molar-refractivity contribution < 1.29 is 4.74 Å². The van der Waals surface area contributed by atoms with E-state index in [9.17, 15) is 0 Å². The number of rotatable bonds is 5. The predicted molar refractivity (Wildman–Crippen MR) is 84.9 cm³/mol. The Morgan fingerprint density at radius 2 is 2.15 bits per heavy atom. The van der Waals surface area contributed by atoms with Crippen molar-refractivity contribution >= 4 is 0 Å². The van der Waals surface area contributed by atoms with Gasteiger partial charge in [-0.05, 0) is 44.6 Å². The molecule has 2 saturated heterocycles. The Morgan fingerprint density at radius 3 is 2.80 bits per heavy atom. The molecule has 3 unspecified atom stereocenters. The van der Waals surface area contributed by atoms with Gasteiger partial charge in [0.2, 0.25) is 0 Å². The van der Waals surface area contributed by atoms with Gasteiger partial charge < -0.3 is 10.5 Å². The molecule has 0 aliphatic carbocycles. The fourth-order valence-electron chi connectivity index (χ4n) is 4.19. The number of likely N-dealkylation sites (tertiary alicyclic amines) is 1. The van der Waals surface area contributed by atoms with Crippen molar-refractivity contribution in [3.63, 3.8) is 0 Å². The number of nitrogens with two attached hydrogens (primary N) is 1. The molecule has 0 aromatic heterocycles. The van der Waals surface area contributed by atoms with Gasteiger partial charge in [0.1, 0.15) is 0 Å². The van der Waals surface area contributed by atoms with Gasteiger partial charge in [0.05, 0.1) is 6.10 Å². The molecule has 2 rings (SSSR count). The second kappa shape index (κ2) is 7.24. The molecule has 3 nitrogen and oxygen atoms in total. The first-order valence-corrected chi connectivity index (χ1v) is 8.71. The predicted octanol–water partition coefficient (Wildman–Crippen LogP) is 3.17. The molecule has 2 aliphatic heterocycles. The standard InChI is InChI=1S/C17H34N2O/c1-4-7-15-8-5-6-10-19(15)17(13-18)9-11-20-16(12-17)14(2)3/h14-16H,4-13,18H2,1-3H3. The van der Waals surface area contributed by atoms with Crippen LogP contribution < -0.4 is 5.73 Å². The highest BCUT2D eigenvalue weighted by Crippen LogP contribution is 2.37. The molecule has 0 amide bonds. The van der Waals surface area contributed by atoms with Crippen molar-refractivity contribution in [1.82, 2.24) is 4.90 Å². The molecule has 0 saturated carbocycles. The molecule has 0 aromatic carbocycles. The zero-order valence-electron chi connectivity index (χ0n) is 13.7. The molecule has 2 N–H and O–H groups in total. The molecule has 2 heterocycles. The summed E-state index contributed by atoms with van der Waals surface area (Å²) in [5.74, 6) is 0.593. The summed E-state index contributed by atoms with van der Waals surface area (Å²) in [6.07, 6.45) is 9.34. The molecule has 0 aromatic rings. The monoisotopic (exact) mass is 282 g/mol. The summed E-state index contributed by atoms with van der Waals surface area (Å²) in [5.41, 5.74) is 6.49. The van der Waals surface area contributed by atoms with E-state index >= 15 is 0 Å². The van der Waals surface area contributed by atoms with Crippen molar-refractivity contribution in [2.24, 2.45) is 11.7 Å². The summed E-state index contributed by atoms with van der Waals surface area (Å²) < 4.78 is 6.00. The summed E-state index contributed by atoms with van der Waals surface area (Å²) in [5, 5.41) is 0. The Kier molecular flexibility index (Phi) is 5.88. The first-order valence-electron chi connectivity index (χ1n) is 8.71. The van der Waals surface area contributed by atoms with E-state index in [1.165, 1.54) is 38.6 Å². The maximum absolute atomic E-state index is 6.29. The van der Waals surface area contributed by atoms with Gasteiger partial charge in [-0.3, -0.25) is 4.90 Å². The van der Waals surface area contributed by atoms with Crippen LogP contribution in [-0.4, -0.2) is 42.3 Å². The van der Waals surface area contributed by atoms with Crippen molar-refractivity contribution in [3.05, 3.63) is 0 Å². The Balaban J connectivity index is 2.14. The van der Waals surface area contributed by atoms with Crippen LogP contribution in [0.3, 0.4) is 0 Å². The minimum Gasteiger partial charge on any atom is -0.378 e. The van der Waals surface area contributed by atoms with E-state index in [1.54, 1.807) is 0 Å². The van der Waals surface area contributed by atoms with E-state index in [-0.39, 0.29) is 5.54 Å². The molecule has 2 fully saturated rings. The molecule has 20 heavy (non-hydrogen) atoms. The third kappa shape index (κ3) is 3.37. The van der Waals surface area contributed by atoms with Gasteiger partial charge in [0.25, 0.3) is 0 Å². The topological polar surface area (TPSA) is 38.5 Å². The molecular weight excluding hydrogens is 248 g/mol. The van der Waals surface area contributed by atoms with Gasteiger partial charge >= 0.3 is 0 Å². The maximum Gasteiger partial charge on any atom is 0.0616 e.